The molecule has 2 heterocycles. The average Bonchev–Trinajstić information content (AvgIpc) is 3.25. The molecule has 1 amide bonds. The highest BCUT2D eigenvalue weighted by atomic mass is 32.1. The van der Waals surface area contributed by atoms with Crippen LogP contribution in [0.3, 0.4) is 0 Å². The van der Waals surface area contributed by atoms with Crippen molar-refractivity contribution in [2.75, 3.05) is 0 Å². The van der Waals surface area contributed by atoms with Crippen LogP contribution in [0.1, 0.15) is 47.1 Å². The molecule has 1 fully saturated rings. The quantitative estimate of drug-likeness (QED) is 0.889. The fourth-order valence-corrected chi connectivity index (χ4v) is 3.41. The van der Waals surface area contributed by atoms with Crippen LogP contribution >= 0.6 is 11.3 Å². The number of hydrogen-bond donors (Lipinski definition) is 1. The zero-order chi connectivity index (χ0) is 15.5. The monoisotopic (exact) mass is 315 g/mol. The number of hydrogen-bond acceptors (Lipinski definition) is 4. The fourth-order valence-electron chi connectivity index (χ4n) is 2.63. The van der Waals surface area contributed by atoms with Gasteiger partial charge >= 0.3 is 0 Å². The zero-order valence-corrected chi connectivity index (χ0v) is 13.8. The van der Waals surface area contributed by atoms with Gasteiger partial charge in [-0.1, -0.05) is 0 Å². The smallest absolute Gasteiger partial charge is 0.220 e. The third-order valence-electron chi connectivity index (χ3n) is 4.09. The summed E-state index contributed by atoms with van der Waals surface area (Å²) >= 11 is 1.62. The lowest BCUT2D eigenvalue weighted by Crippen LogP contribution is -2.30. The van der Waals surface area contributed by atoms with E-state index in [2.05, 4.69) is 28.3 Å². The number of amides is 1. The van der Waals surface area contributed by atoms with Crippen LogP contribution < -0.4 is 5.32 Å². The standard InChI is InChI=1S/C17H21N3OS/c1-11-7-8-18-14(9-11)17(13-3-4-13)20-16(21)6-5-15-12(2)19-10-22-15/h7-10,13,17H,3-6H2,1-2H3,(H,20,21)/t17-/m1/s1. The van der Waals surface area contributed by atoms with E-state index in [1.165, 1.54) is 23.3 Å². The molecule has 0 aliphatic heterocycles. The summed E-state index contributed by atoms with van der Waals surface area (Å²) < 4.78 is 0. The SMILES string of the molecule is Cc1ccnc([C@H](NC(=O)CCc2scnc2C)C2CC2)c1. The number of rotatable bonds is 6. The van der Waals surface area contributed by atoms with Crippen molar-refractivity contribution >= 4 is 17.2 Å². The van der Waals surface area contributed by atoms with Gasteiger partial charge in [0.15, 0.2) is 0 Å². The van der Waals surface area contributed by atoms with Crippen molar-refractivity contribution < 1.29 is 4.79 Å². The third-order valence-corrected chi connectivity index (χ3v) is 5.08. The molecule has 5 heteroatoms. The summed E-state index contributed by atoms with van der Waals surface area (Å²) in [5.41, 5.74) is 5.05. The Labute approximate surface area is 135 Å². The number of nitrogens with one attached hydrogen (secondary N) is 1. The van der Waals surface area contributed by atoms with Gasteiger partial charge in [0.05, 0.1) is 22.9 Å². The zero-order valence-electron chi connectivity index (χ0n) is 13.0. The molecule has 0 unspecified atom stereocenters. The molecule has 116 valence electrons. The number of nitrogens with zero attached hydrogens (tertiary/aromatic N) is 2. The normalized spacial score (nSPS) is 15.5. The van der Waals surface area contributed by atoms with E-state index in [-0.39, 0.29) is 11.9 Å². The van der Waals surface area contributed by atoms with Crippen molar-refractivity contribution in [3.8, 4) is 0 Å². The first-order valence-corrected chi connectivity index (χ1v) is 8.62. The lowest BCUT2D eigenvalue weighted by atomic mass is 10.1. The minimum absolute atomic E-state index is 0.0648. The topological polar surface area (TPSA) is 54.9 Å². The molecule has 1 aliphatic rings. The van der Waals surface area contributed by atoms with Gasteiger partial charge in [0, 0.05) is 17.5 Å². The van der Waals surface area contributed by atoms with Crippen LogP contribution in [-0.2, 0) is 11.2 Å². The molecule has 2 aromatic rings. The van der Waals surface area contributed by atoms with Crippen molar-refractivity contribution in [2.24, 2.45) is 5.92 Å². The molecule has 1 N–H and O–H groups in total. The van der Waals surface area contributed by atoms with E-state index in [4.69, 9.17) is 0 Å². The second kappa shape index (κ2) is 6.57. The van der Waals surface area contributed by atoms with E-state index in [0.29, 0.717) is 12.3 Å². The van der Waals surface area contributed by atoms with Crippen LogP contribution in [0.2, 0.25) is 0 Å². The van der Waals surface area contributed by atoms with Gasteiger partial charge in [-0.2, -0.15) is 0 Å². The van der Waals surface area contributed by atoms with Gasteiger partial charge in [-0.15, -0.1) is 11.3 Å². The Morgan fingerprint density at radius 1 is 1.41 bits per heavy atom. The summed E-state index contributed by atoms with van der Waals surface area (Å²) in [6, 6.07) is 4.13. The predicted octanol–water partition coefficient (Wildman–Crippen LogP) is 3.36. The Balaban J connectivity index is 1.61. The number of aromatic nitrogens is 2. The number of thiazole rings is 1. The Bertz CT molecular complexity index is 663. The minimum atomic E-state index is 0.0648. The second-order valence-corrected chi connectivity index (χ2v) is 6.94. The van der Waals surface area contributed by atoms with Gasteiger partial charge in [-0.3, -0.25) is 9.78 Å². The first-order valence-electron chi connectivity index (χ1n) is 7.74. The van der Waals surface area contributed by atoms with Gasteiger partial charge in [0.1, 0.15) is 0 Å². The number of carbonyl (C=O) groups is 1. The van der Waals surface area contributed by atoms with Gasteiger partial charge in [0.25, 0.3) is 0 Å². The largest absolute Gasteiger partial charge is 0.347 e. The molecular weight excluding hydrogens is 294 g/mol. The molecule has 0 bridgehead atoms. The summed E-state index contributed by atoms with van der Waals surface area (Å²) in [6.45, 7) is 4.05. The van der Waals surface area contributed by atoms with E-state index in [1.54, 1.807) is 11.3 Å². The summed E-state index contributed by atoms with van der Waals surface area (Å²) in [5, 5.41) is 3.19. The lowest BCUT2D eigenvalue weighted by Gasteiger charge is -2.18. The molecular formula is C17H21N3OS. The van der Waals surface area contributed by atoms with Crippen molar-refractivity contribution in [1.82, 2.24) is 15.3 Å². The van der Waals surface area contributed by atoms with E-state index >= 15 is 0 Å². The van der Waals surface area contributed by atoms with E-state index in [9.17, 15) is 4.79 Å². The van der Waals surface area contributed by atoms with E-state index < -0.39 is 0 Å². The summed E-state index contributed by atoms with van der Waals surface area (Å²) in [4.78, 5) is 22.2. The predicted molar refractivity (Wildman–Crippen MR) is 87.8 cm³/mol. The van der Waals surface area contributed by atoms with Crippen LogP contribution in [0.4, 0.5) is 0 Å². The summed E-state index contributed by atoms with van der Waals surface area (Å²) in [6.07, 6.45) is 5.45. The molecule has 0 radical (unpaired) electrons. The van der Waals surface area contributed by atoms with Crippen molar-refractivity contribution in [3.63, 3.8) is 0 Å². The maximum atomic E-state index is 12.3. The van der Waals surface area contributed by atoms with Crippen LogP contribution in [-0.4, -0.2) is 15.9 Å². The van der Waals surface area contributed by atoms with Crippen molar-refractivity contribution in [3.05, 3.63) is 45.7 Å². The van der Waals surface area contributed by atoms with Gasteiger partial charge in [-0.25, -0.2) is 4.98 Å². The van der Waals surface area contributed by atoms with Gasteiger partial charge < -0.3 is 5.32 Å². The Morgan fingerprint density at radius 3 is 2.86 bits per heavy atom. The van der Waals surface area contributed by atoms with Crippen molar-refractivity contribution in [2.45, 2.75) is 45.6 Å². The first kappa shape index (κ1) is 15.2. The highest BCUT2D eigenvalue weighted by Crippen LogP contribution is 2.40. The third kappa shape index (κ3) is 3.71. The molecule has 1 saturated carbocycles. The minimum Gasteiger partial charge on any atom is -0.347 e. The van der Waals surface area contributed by atoms with Crippen LogP contribution in [0.25, 0.3) is 0 Å². The Kier molecular flexibility index (Phi) is 4.52. The average molecular weight is 315 g/mol. The van der Waals surface area contributed by atoms with E-state index in [0.717, 1.165) is 17.8 Å². The molecule has 3 rings (SSSR count). The fraction of sp³-hybridized carbons (Fsp3) is 0.471. The first-order chi connectivity index (χ1) is 10.6. The molecule has 0 spiro atoms. The van der Waals surface area contributed by atoms with Crippen LogP contribution in [0, 0.1) is 19.8 Å². The molecule has 0 saturated heterocycles. The maximum Gasteiger partial charge on any atom is 0.220 e. The molecule has 4 nitrogen and oxygen atoms in total. The number of aryl methyl sites for hydroxylation is 3. The lowest BCUT2D eigenvalue weighted by molar-refractivity contribution is -0.122. The maximum absolute atomic E-state index is 12.3. The second-order valence-electron chi connectivity index (χ2n) is 6.00. The van der Waals surface area contributed by atoms with Gasteiger partial charge in [-0.05, 0) is 56.7 Å². The van der Waals surface area contributed by atoms with Crippen LogP contribution in [0.15, 0.2) is 23.8 Å². The van der Waals surface area contributed by atoms with Crippen LogP contribution in [0.5, 0.6) is 0 Å². The molecule has 1 atom stereocenters. The van der Waals surface area contributed by atoms with Gasteiger partial charge in [0.2, 0.25) is 5.91 Å². The molecule has 1 aliphatic carbocycles. The molecule has 0 aromatic carbocycles. The summed E-state index contributed by atoms with van der Waals surface area (Å²) in [5.74, 6) is 0.649. The highest BCUT2D eigenvalue weighted by Gasteiger charge is 2.34. The van der Waals surface area contributed by atoms with E-state index in [1.807, 2.05) is 24.7 Å². The molecule has 22 heavy (non-hydrogen) atoms. The highest BCUT2D eigenvalue weighted by molar-refractivity contribution is 7.09. The Morgan fingerprint density at radius 2 is 2.23 bits per heavy atom. The summed E-state index contributed by atoms with van der Waals surface area (Å²) in [7, 11) is 0. The Hall–Kier alpha value is -1.75. The number of carbonyl (C=O) groups excluding carboxylic acids is 1. The number of pyridine rings is 1. The van der Waals surface area contributed by atoms with Crippen molar-refractivity contribution in [1.29, 1.82) is 0 Å². The molecule has 2 aromatic heterocycles.